The molecule has 0 saturated carbocycles. The first kappa shape index (κ1) is 17.0. The summed E-state index contributed by atoms with van der Waals surface area (Å²) in [5, 5.41) is 8.26. The molecule has 1 aromatic heterocycles. The number of morpholine rings is 1. The highest BCUT2D eigenvalue weighted by molar-refractivity contribution is 5.97. The summed E-state index contributed by atoms with van der Waals surface area (Å²) in [6.07, 6.45) is 0.387. The Morgan fingerprint density at radius 2 is 2.08 bits per heavy atom. The summed E-state index contributed by atoms with van der Waals surface area (Å²) in [4.78, 5) is 16.1. The van der Waals surface area contributed by atoms with E-state index in [0.29, 0.717) is 30.5 Å². The van der Waals surface area contributed by atoms with Gasteiger partial charge in [-0.3, -0.25) is 4.79 Å². The number of hydrogen-bond acceptors (Lipinski definition) is 7. The van der Waals surface area contributed by atoms with E-state index in [1.165, 1.54) is 0 Å². The van der Waals surface area contributed by atoms with Crippen LogP contribution in [0.4, 0.5) is 5.69 Å². The van der Waals surface area contributed by atoms with Crippen LogP contribution in [-0.4, -0.2) is 60.4 Å². The van der Waals surface area contributed by atoms with Gasteiger partial charge >= 0.3 is 0 Å². The molecule has 1 amide bonds. The van der Waals surface area contributed by atoms with E-state index < -0.39 is 0 Å². The van der Waals surface area contributed by atoms with Crippen molar-refractivity contribution in [3.05, 3.63) is 36.0 Å². The molecule has 0 bridgehead atoms. The molecule has 0 aliphatic carbocycles. The number of likely N-dealkylation sites (N-methyl/N-ethyl adjacent to an activating group) is 1. The maximum absolute atomic E-state index is 12.2. The van der Waals surface area contributed by atoms with Gasteiger partial charge in [-0.15, -0.1) is 10.2 Å². The molecular formula is C18H22N4O4. The highest BCUT2D eigenvalue weighted by atomic mass is 16.5. The van der Waals surface area contributed by atoms with Crippen LogP contribution in [0.2, 0.25) is 0 Å². The van der Waals surface area contributed by atoms with Gasteiger partial charge < -0.3 is 23.7 Å². The Bertz CT molecular complexity index is 783. The number of rotatable bonds is 4. The fourth-order valence-corrected chi connectivity index (χ4v) is 3.40. The number of benzene rings is 1. The number of carbonyl (C=O) groups excluding carboxylic acids is 1. The number of hydrogen-bond donors (Lipinski definition) is 0. The third-order valence-corrected chi connectivity index (χ3v) is 4.56. The van der Waals surface area contributed by atoms with Gasteiger partial charge in [0.15, 0.2) is 6.61 Å². The van der Waals surface area contributed by atoms with Crippen molar-refractivity contribution in [2.45, 2.75) is 25.6 Å². The van der Waals surface area contributed by atoms with Crippen LogP contribution < -0.4 is 9.64 Å². The lowest BCUT2D eigenvalue weighted by Crippen LogP contribution is -2.40. The minimum Gasteiger partial charge on any atom is -0.482 e. The van der Waals surface area contributed by atoms with E-state index in [9.17, 15) is 4.79 Å². The van der Waals surface area contributed by atoms with Crippen LogP contribution in [0.15, 0.2) is 28.7 Å². The van der Waals surface area contributed by atoms with Crippen LogP contribution in [-0.2, 0) is 16.0 Å². The van der Waals surface area contributed by atoms with E-state index in [1.807, 2.05) is 38.2 Å². The molecule has 138 valence electrons. The number of fused-ring (bicyclic) bond motifs is 1. The van der Waals surface area contributed by atoms with Crippen LogP contribution in [0.5, 0.6) is 5.75 Å². The predicted octanol–water partition coefficient (Wildman–Crippen LogP) is 1.43. The fourth-order valence-electron chi connectivity index (χ4n) is 3.40. The van der Waals surface area contributed by atoms with Crippen molar-refractivity contribution in [2.24, 2.45) is 0 Å². The number of ether oxygens (including phenoxy) is 2. The first-order chi connectivity index (χ1) is 12.6. The largest absolute Gasteiger partial charge is 0.482 e. The van der Waals surface area contributed by atoms with Crippen molar-refractivity contribution in [3.63, 3.8) is 0 Å². The standard InChI is InChI=1S/C18H22N4O4/c1-12-9-21(2)10-15(25-12)18-20-19-16(26-18)7-8-22-13-5-3-4-6-14(13)24-11-17(22)23/h3-6,12,15H,7-11H2,1-2H3/t12-,15-/m1/s1. The van der Waals surface area contributed by atoms with Crippen molar-refractivity contribution < 1.29 is 18.7 Å². The number of carbonyl (C=O) groups is 1. The Hall–Kier alpha value is -2.45. The Kier molecular flexibility index (Phi) is 4.60. The van der Waals surface area contributed by atoms with E-state index >= 15 is 0 Å². The van der Waals surface area contributed by atoms with E-state index in [2.05, 4.69) is 15.1 Å². The molecule has 2 aliphatic rings. The molecule has 2 aliphatic heterocycles. The summed E-state index contributed by atoms with van der Waals surface area (Å²) in [6.45, 7) is 4.15. The highest BCUT2D eigenvalue weighted by Gasteiger charge is 2.29. The van der Waals surface area contributed by atoms with Crippen molar-refractivity contribution in [3.8, 4) is 5.75 Å². The van der Waals surface area contributed by atoms with Crippen LogP contribution in [0.25, 0.3) is 0 Å². The second kappa shape index (κ2) is 7.05. The summed E-state index contributed by atoms with van der Waals surface area (Å²) in [6, 6.07) is 7.51. The van der Waals surface area contributed by atoms with Crippen LogP contribution >= 0.6 is 0 Å². The zero-order chi connectivity index (χ0) is 18.1. The number of anilines is 1. The normalized spacial score (nSPS) is 23.6. The van der Waals surface area contributed by atoms with Gasteiger partial charge in [0.1, 0.15) is 11.9 Å². The highest BCUT2D eigenvalue weighted by Crippen LogP contribution is 2.31. The first-order valence-corrected chi connectivity index (χ1v) is 8.78. The smallest absolute Gasteiger partial charge is 0.265 e. The van der Waals surface area contributed by atoms with Gasteiger partial charge in [-0.25, -0.2) is 0 Å². The molecule has 26 heavy (non-hydrogen) atoms. The van der Waals surface area contributed by atoms with Crippen LogP contribution in [0, 0.1) is 0 Å². The monoisotopic (exact) mass is 358 g/mol. The van der Waals surface area contributed by atoms with Crippen molar-refractivity contribution in [1.29, 1.82) is 0 Å². The van der Waals surface area contributed by atoms with Crippen molar-refractivity contribution in [2.75, 3.05) is 38.2 Å². The van der Waals surface area contributed by atoms with Gasteiger partial charge in [0.25, 0.3) is 5.91 Å². The maximum atomic E-state index is 12.2. The Morgan fingerprint density at radius 1 is 1.23 bits per heavy atom. The molecule has 0 N–H and O–H groups in total. The van der Waals surface area contributed by atoms with Gasteiger partial charge in [-0.1, -0.05) is 12.1 Å². The van der Waals surface area contributed by atoms with Crippen LogP contribution in [0.3, 0.4) is 0 Å². The minimum atomic E-state index is -0.212. The summed E-state index contributed by atoms with van der Waals surface area (Å²) in [5.41, 5.74) is 0.773. The molecule has 1 saturated heterocycles. The second-order valence-corrected chi connectivity index (χ2v) is 6.74. The third kappa shape index (κ3) is 3.42. The number of nitrogens with zero attached hydrogens (tertiary/aromatic N) is 4. The van der Waals surface area contributed by atoms with E-state index in [4.69, 9.17) is 13.9 Å². The first-order valence-electron chi connectivity index (χ1n) is 8.78. The Balaban J connectivity index is 1.43. The van der Waals surface area contributed by atoms with Gasteiger partial charge in [-0.05, 0) is 26.1 Å². The quantitative estimate of drug-likeness (QED) is 0.818. The molecule has 4 rings (SSSR count). The molecule has 1 aromatic carbocycles. The zero-order valence-electron chi connectivity index (χ0n) is 14.9. The molecular weight excluding hydrogens is 336 g/mol. The predicted molar refractivity (Wildman–Crippen MR) is 93.1 cm³/mol. The van der Waals surface area contributed by atoms with Gasteiger partial charge in [0, 0.05) is 26.1 Å². The van der Waals surface area contributed by atoms with E-state index in [-0.39, 0.29) is 24.7 Å². The molecule has 0 radical (unpaired) electrons. The molecule has 2 aromatic rings. The number of para-hydroxylation sites is 2. The van der Waals surface area contributed by atoms with Crippen molar-refractivity contribution in [1.82, 2.24) is 15.1 Å². The molecule has 8 heteroatoms. The minimum absolute atomic E-state index is 0.0479. The third-order valence-electron chi connectivity index (χ3n) is 4.56. The van der Waals surface area contributed by atoms with E-state index in [1.54, 1.807) is 4.90 Å². The maximum Gasteiger partial charge on any atom is 0.265 e. The molecule has 0 unspecified atom stereocenters. The summed E-state index contributed by atoms with van der Waals surface area (Å²) in [5.74, 6) is 1.63. The lowest BCUT2D eigenvalue weighted by molar-refractivity contribution is -0.121. The molecule has 8 nitrogen and oxygen atoms in total. The summed E-state index contributed by atoms with van der Waals surface area (Å²) >= 11 is 0. The molecule has 0 spiro atoms. The Labute approximate surface area is 151 Å². The summed E-state index contributed by atoms with van der Waals surface area (Å²) < 4.78 is 17.1. The zero-order valence-corrected chi connectivity index (χ0v) is 14.9. The topological polar surface area (TPSA) is 80.9 Å². The van der Waals surface area contributed by atoms with E-state index in [0.717, 1.165) is 18.8 Å². The Morgan fingerprint density at radius 3 is 2.92 bits per heavy atom. The average molecular weight is 358 g/mol. The second-order valence-electron chi connectivity index (χ2n) is 6.74. The molecule has 3 heterocycles. The molecule has 2 atom stereocenters. The van der Waals surface area contributed by atoms with Gasteiger partial charge in [0.05, 0.1) is 11.8 Å². The molecule has 1 fully saturated rings. The van der Waals surface area contributed by atoms with Gasteiger partial charge in [0.2, 0.25) is 11.8 Å². The SMILES string of the molecule is C[C@@H]1CN(C)C[C@H](c2nnc(CCN3C(=O)COc4ccccc43)o2)O1. The van der Waals surface area contributed by atoms with Gasteiger partial charge in [-0.2, -0.15) is 0 Å². The lowest BCUT2D eigenvalue weighted by Gasteiger charge is -2.32. The number of aromatic nitrogens is 2. The average Bonchev–Trinajstić information content (AvgIpc) is 3.09. The number of amides is 1. The fraction of sp³-hybridized carbons (Fsp3) is 0.500. The lowest BCUT2D eigenvalue weighted by atomic mass is 10.2. The summed E-state index contributed by atoms with van der Waals surface area (Å²) in [7, 11) is 2.05. The van der Waals surface area contributed by atoms with Crippen LogP contribution in [0.1, 0.15) is 24.8 Å². The van der Waals surface area contributed by atoms with Crippen molar-refractivity contribution >= 4 is 11.6 Å².